The van der Waals surface area contributed by atoms with Crippen molar-refractivity contribution in [2.75, 3.05) is 7.11 Å². The van der Waals surface area contributed by atoms with Crippen molar-refractivity contribution in [1.82, 2.24) is 10.3 Å². The van der Waals surface area contributed by atoms with E-state index in [2.05, 4.69) is 10.3 Å². The minimum Gasteiger partial charge on any atom is -0.469 e. The Bertz CT molecular complexity index is 1060. The Kier molecular flexibility index (Phi) is 4.85. The van der Waals surface area contributed by atoms with E-state index in [0.717, 1.165) is 22.0 Å². The van der Waals surface area contributed by atoms with E-state index in [0.29, 0.717) is 17.1 Å². The fourth-order valence-electron chi connectivity index (χ4n) is 4.19. The Labute approximate surface area is 168 Å². The summed E-state index contributed by atoms with van der Waals surface area (Å²) in [6.07, 6.45) is 0.681. The van der Waals surface area contributed by atoms with E-state index in [4.69, 9.17) is 16.3 Å². The molecule has 2 aromatic carbocycles. The number of benzene rings is 2. The number of amides is 1. The van der Waals surface area contributed by atoms with E-state index in [1.165, 1.54) is 7.11 Å². The molecule has 5 nitrogen and oxygen atoms in total. The molecule has 1 unspecified atom stereocenters. The lowest BCUT2D eigenvalue weighted by atomic mass is 9.86. The molecule has 0 fully saturated rings. The van der Waals surface area contributed by atoms with Crippen LogP contribution >= 0.6 is 11.6 Å². The van der Waals surface area contributed by atoms with Gasteiger partial charge in [-0.2, -0.15) is 0 Å². The zero-order chi connectivity index (χ0) is 19.8. The first-order valence-electron chi connectivity index (χ1n) is 9.22. The summed E-state index contributed by atoms with van der Waals surface area (Å²) in [5.74, 6) is -0.972. The SMILES string of the molecule is COC(=O)C(C)[C@@H]1c2ccccc2C[C@H]1NC(=O)c1cc2cc(Cl)ccc2[nH]1. The number of halogens is 1. The zero-order valence-corrected chi connectivity index (χ0v) is 16.4. The van der Waals surface area contributed by atoms with E-state index in [1.54, 1.807) is 12.1 Å². The first-order valence-corrected chi connectivity index (χ1v) is 9.60. The van der Waals surface area contributed by atoms with Crippen LogP contribution in [0.4, 0.5) is 0 Å². The molecular formula is C22H21ClN2O3. The molecule has 0 spiro atoms. The number of hydrogen-bond donors (Lipinski definition) is 2. The van der Waals surface area contributed by atoms with Crippen molar-refractivity contribution in [3.05, 3.63) is 70.4 Å². The van der Waals surface area contributed by atoms with Crippen LogP contribution in [-0.2, 0) is 16.0 Å². The highest BCUT2D eigenvalue weighted by atomic mass is 35.5. The number of rotatable bonds is 4. The lowest BCUT2D eigenvalue weighted by molar-refractivity contribution is -0.145. The second-order valence-electron chi connectivity index (χ2n) is 7.24. The van der Waals surface area contributed by atoms with Crippen LogP contribution in [-0.4, -0.2) is 30.0 Å². The Balaban J connectivity index is 1.61. The van der Waals surface area contributed by atoms with Crippen LogP contribution < -0.4 is 5.32 Å². The van der Waals surface area contributed by atoms with Gasteiger partial charge >= 0.3 is 5.97 Å². The molecule has 1 aromatic heterocycles. The van der Waals surface area contributed by atoms with Crippen LogP contribution in [0.25, 0.3) is 10.9 Å². The quantitative estimate of drug-likeness (QED) is 0.653. The molecule has 0 saturated heterocycles. The molecular weight excluding hydrogens is 376 g/mol. The summed E-state index contributed by atoms with van der Waals surface area (Å²) in [7, 11) is 1.39. The van der Waals surface area contributed by atoms with E-state index >= 15 is 0 Å². The first kappa shape index (κ1) is 18.6. The number of fused-ring (bicyclic) bond motifs is 2. The largest absolute Gasteiger partial charge is 0.469 e. The molecule has 1 amide bonds. The maximum absolute atomic E-state index is 12.9. The van der Waals surface area contributed by atoms with Crippen molar-refractivity contribution in [2.24, 2.45) is 5.92 Å². The number of esters is 1. The van der Waals surface area contributed by atoms with Gasteiger partial charge in [0.15, 0.2) is 0 Å². The summed E-state index contributed by atoms with van der Waals surface area (Å²) < 4.78 is 4.96. The predicted octanol–water partition coefficient (Wildman–Crippen LogP) is 4.07. The van der Waals surface area contributed by atoms with Crippen molar-refractivity contribution < 1.29 is 14.3 Å². The van der Waals surface area contributed by atoms with Crippen LogP contribution in [0, 0.1) is 5.92 Å². The number of H-pyrrole nitrogens is 1. The Morgan fingerprint density at radius 3 is 2.79 bits per heavy atom. The third kappa shape index (κ3) is 3.27. The van der Waals surface area contributed by atoms with Gasteiger partial charge in [-0.1, -0.05) is 42.8 Å². The molecule has 3 aromatic rings. The molecule has 0 radical (unpaired) electrons. The third-order valence-corrected chi connectivity index (χ3v) is 5.78. The van der Waals surface area contributed by atoms with Gasteiger partial charge in [0, 0.05) is 27.9 Å². The smallest absolute Gasteiger partial charge is 0.309 e. The average Bonchev–Trinajstić information content (AvgIpc) is 3.27. The van der Waals surface area contributed by atoms with Gasteiger partial charge in [-0.25, -0.2) is 0 Å². The molecule has 144 valence electrons. The zero-order valence-electron chi connectivity index (χ0n) is 15.7. The van der Waals surface area contributed by atoms with Gasteiger partial charge in [0.25, 0.3) is 5.91 Å². The fourth-order valence-corrected chi connectivity index (χ4v) is 4.37. The molecule has 0 bridgehead atoms. The van der Waals surface area contributed by atoms with Gasteiger partial charge in [-0.3, -0.25) is 9.59 Å². The van der Waals surface area contributed by atoms with Gasteiger partial charge in [0.1, 0.15) is 5.69 Å². The Morgan fingerprint density at radius 1 is 1.21 bits per heavy atom. The van der Waals surface area contributed by atoms with Gasteiger partial charge in [0.05, 0.1) is 13.0 Å². The molecule has 4 rings (SSSR count). The van der Waals surface area contributed by atoms with E-state index in [1.807, 2.05) is 43.3 Å². The number of methoxy groups -OCH3 is 1. The second kappa shape index (κ2) is 7.32. The van der Waals surface area contributed by atoms with Crippen molar-refractivity contribution >= 4 is 34.4 Å². The van der Waals surface area contributed by atoms with Gasteiger partial charge in [-0.05, 0) is 41.8 Å². The summed E-state index contributed by atoms with van der Waals surface area (Å²) >= 11 is 6.04. The topological polar surface area (TPSA) is 71.2 Å². The van der Waals surface area contributed by atoms with Crippen molar-refractivity contribution in [3.63, 3.8) is 0 Å². The lowest BCUT2D eigenvalue weighted by Crippen LogP contribution is -2.41. The van der Waals surface area contributed by atoms with Crippen molar-refractivity contribution in [3.8, 4) is 0 Å². The van der Waals surface area contributed by atoms with E-state index < -0.39 is 0 Å². The molecule has 1 aliphatic carbocycles. The van der Waals surface area contributed by atoms with Gasteiger partial charge in [-0.15, -0.1) is 0 Å². The standard InChI is InChI=1S/C22H21ClN2O3/c1-12(22(27)28-2)20-16-6-4-3-5-13(16)10-18(20)25-21(26)19-11-14-9-15(23)7-8-17(14)24-19/h3-9,11-12,18,20,24H,10H2,1-2H3,(H,25,26)/t12?,18-,20-/m1/s1. The highest BCUT2D eigenvalue weighted by Gasteiger charge is 2.40. The first-order chi connectivity index (χ1) is 13.5. The molecule has 1 aliphatic rings. The lowest BCUT2D eigenvalue weighted by Gasteiger charge is -2.25. The van der Waals surface area contributed by atoms with Crippen LogP contribution in [0.3, 0.4) is 0 Å². The number of nitrogens with one attached hydrogen (secondary N) is 2. The summed E-state index contributed by atoms with van der Waals surface area (Å²) in [6, 6.07) is 15.1. The molecule has 1 heterocycles. The molecule has 0 saturated carbocycles. The Morgan fingerprint density at radius 2 is 2.00 bits per heavy atom. The number of aromatic amines is 1. The molecule has 2 N–H and O–H groups in total. The average molecular weight is 397 g/mol. The summed E-state index contributed by atoms with van der Waals surface area (Å²) in [5.41, 5.74) is 3.56. The van der Waals surface area contributed by atoms with Crippen LogP contribution in [0.15, 0.2) is 48.5 Å². The van der Waals surface area contributed by atoms with E-state index in [-0.39, 0.29) is 29.8 Å². The minimum atomic E-state index is -0.361. The third-order valence-electron chi connectivity index (χ3n) is 5.54. The fraction of sp³-hybridized carbons (Fsp3) is 0.273. The molecule has 28 heavy (non-hydrogen) atoms. The maximum atomic E-state index is 12.9. The van der Waals surface area contributed by atoms with Crippen LogP contribution in [0.2, 0.25) is 5.02 Å². The molecule has 3 atom stereocenters. The number of ether oxygens (including phenoxy) is 1. The normalized spacial score (nSPS) is 19.2. The summed E-state index contributed by atoms with van der Waals surface area (Å²) in [5, 5.41) is 4.62. The summed E-state index contributed by atoms with van der Waals surface area (Å²) in [6.45, 7) is 1.85. The highest BCUT2D eigenvalue weighted by molar-refractivity contribution is 6.31. The van der Waals surface area contributed by atoms with Crippen LogP contribution in [0.1, 0.15) is 34.5 Å². The monoisotopic (exact) mass is 396 g/mol. The number of hydrogen-bond acceptors (Lipinski definition) is 3. The minimum absolute atomic E-state index is 0.133. The summed E-state index contributed by atoms with van der Waals surface area (Å²) in [4.78, 5) is 28.3. The van der Waals surface area contributed by atoms with Crippen molar-refractivity contribution in [2.45, 2.75) is 25.3 Å². The second-order valence-corrected chi connectivity index (χ2v) is 7.67. The number of carbonyl (C=O) groups excluding carboxylic acids is 2. The number of aromatic nitrogens is 1. The maximum Gasteiger partial charge on any atom is 0.309 e. The van der Waals surface area contributed by atoms with Crippen LogP contribution in [0.5, 0.6) is 0 Å². The van der Waals surface area contributed by atoms with Gasteiger partial charge in [0.2, 0.25) is 0 Å². The van der Waals surface area contributed by atoms with Crippen molar-refractivity contribution in [1.29, 1.82) is 0 Å². The predicted molar refractivity (Wildman–Crippen MR) is 109 cm³/mol. The van der Waals surface area contributed by atoms with Gasteiger partial charge < -0.3 is 15.0 Å². The molecule has 6 heteroatoms. The number of carbonyl (C=O) groups is 2. The van der Waals surface area contributed by atoms with E-state index in [9.17, 15) is 9.59 Å². The Hall–Kier alpha value is -2.79. The highest BCUT2D eigenvalue weighted by Crippen LogP contribution is 2.39. The molecule has 0 aliphatic heterocycles.